The van der Waals surface area contributed by atoms with Crippen LogP contribution in [0.2, 0.25) is 0 Å². The zero-order chi connectivity index (χ0) is 15.2. The molecule has 0 atom stereocenters. The Morgan fingerprint density at radius 3 is 2.62 bits per heavy atom. The summed E-state index contributed by atoms with van der Waals surface area (Å²) in [6, 6.07) is 13.9. The average molecular weight is 286 g/mol. The molecule has 0 aromatic heterocycles. The van der Waals surface area contributed by atoms with E-state index in [1.165, 1.54) is 12.1 Å². The van der Waals surface area contributed by atoms with Crippen molar-refractivity contribution in [1.82, 2.24) is 0 Å². The first-order valence-corrected chi connectivity index (χ1v) is 6.96. The smallest absolute Gasteiger partial charge is 0.246 e. The Morgan fingerprint density at radius 2 is 1.95 bits per heavy atom. The van der Waals surface area contributed by atoms with E-state index in [4.69, 9.17) is 0 Å². The van der Waals surface area contributed by atoms with Crippen LogP contribution in [0.4, 0.5) is 15.8 Å². The minimum Gasteiger partial charge on any atom is -0.376 e. The molecule has 0 heterocycles. The number of carbonyl (C=O) groups is 1. The van der Waals surface area contributed by atoms with Gasteiger partial charge in [0.05, 0.1) is 6.54 Å². The molecule has 0 saturated heterocycles. The van der Waals surface area contributed by atoms with Gasteiger partial charge in [-0.15, -0.1) is 0 Å². The summed E-state index contributed by atoms with van der Waals surface area (Å²) < 4.78 is 13.1. The van der Waals surface area contributed by atoms with Crippen LogP contribution in [0, 0.1) is 12.7 Å². The molecule has 2 aromatic rings. The van der Waals surface area contributed by atoms with Crippen molar-refractivity contribution in [2.24, 2.45) is 0 Å². The van der Waals surface area contributed by atoms with E-state index in [2.05, 4.69) is 5.32 Å². The molecule has 0 aliphatic carbocycles. The van der Waals surface area contributed by atoms with Crippen LogP contribution >= 0.6 is 0 Å². The van der Waals surface area contributed by atoms with Crippen molar-refractivity contribution in [1.29, 1.82) is 0 Å². The highest BCUT2D eigenvalue weighted by atomic mass is 19.1. The maximum atomic E-state index is 13.1. The van der Waals surface area contributed by atoms with Gasteiger partial charge in [0.25, 0.3) is 0 Å². The average Bonchev–Trinajstić information content (AvgIpc) is 2.46. The van der Waals surface area contributed by atoms with E-state index in [1.54, 1.807) is 17.0 Å². The van der Waals surface area contributed by atoms with Crippen molar-refractivity contribution in [3.05, 3.63) is 59.9 Å². The Balaban J connectivity index is 2.04. The monoisotopic (exact) mass is 286 g/mol. The second-order valence-electron chi connectivity index (χ2n) is 4.84. The van der Waals surface area contributed by atoms with Crippen LogP contribution in [0.25, 0.3) is 0 Å². The van der Waals surface area contributed by atoms with Gasteiger partial charge in [-0.25, -0.2) is 4.39 Å². The molecule has 0 bridgehead atoms. The third-order valence-corrected chi connectivity index (χ3v) is 3.20. The SMILES string of the molecule is CCN(C(=O)CNc1cccc(F)c1)c1cccc(C)c1. The molecule has 0 unspecified atom stereocenters. The lowest BCUT2D eigenvalue weighted by atomic mass is 10.2. The molecule has 4 heteroatoms. The van der Waals surface area contributed by atoms with E-state index in [0.29, 0.717) is 12.2 Å². The fourth-order valence-corrected chi connectivity index (χ4v) is 2.17. The number of amides is 1. The first kappa shape index (κ1) is 15.0. The van der Waals surface area contributed by atoms with Gasteiger partial charge < -0.3 is 10.2 Å². The standard InChI is InChI=1S/C17H19FN2O/c1-3-20(16-9-4-6-13(2)10-16)17(21)12-19-15-8-5-7-14(18)11-15/h4-11,19H,3,12H2,1-2H3. The number of nitrogens with zero attached hydrogens (tertiary/aromatic N) is 1. The molecule has 3 nitrogen and oxygen atoms in total. The van der Waals surface area contributed by atoms with Gasteiger partial charge in [0.15, 0.2) is 0 Å². The number of rotatable bonds is 5. The number of hydrogen-bond acceptors (Lipinski definition) is 2. The number of hydrogen-bond donors (Lipinski definition) is 1. The Morgan fingerprint density at radius 1 is 1.19 bits per heavy atom. The minimum absolute atomic E-state index is 0.0487. The predicted molar refractivity (Wildman–Crippen MR) is 84.1 cm³/mol. The summed E-state index contributed by atoms with van der Waals surface area (Å²) in [5, 5.41) is 2.95. The number of anilines is 2. The van der Waals surface area contributed by atoms with Crippen molar-refractivity contribution in [3.8, 4) is 0 Å². The van der Waals surface area contributed by atoms with Crippen LogP contribution in [0.15, 0.2) is 48.5 Å². The topological polar surface area (TPSA) is 32.3 Å². The van der Waals surface area contributed by atoms with E-state index in [1.807, 2.05) is 38.1 Å². The van der Waals surface area contributed by atoms with E-state index < -0.39 is 0 Å². The van der Waals surface area contributed by atoms with E-state index in [0.717, 1.165) is 11.3 Å². The molecule has 2 rings (SSSR count). The van der Waals surface area contributed by atoms with Gasteiger partial charge >= 0.3 is 0 Å². The molecular weight excluding hydrogens is 267 g/mol. The molecule has 0 aliphatic heterocycles. The third-order valence-electron chi connectivity index (χ3n) is 3.20. The quantitative estimate of drug-likeness (QED) is 0.911. The third kappa shape index (κ3) is 4.05. The van der Waals surface area contributed by atoms with Gasteiger partial charge in [0.2, 0.25) is 5.91 Å². The summed E-state index contributed by atoms with van der Waals surface area (Å²) in [6.07, 6.45) is 0. The van der Waals surface area contributed by atoms with Crippen molar-refractivity contribution in [3.63, 3.8) is 0 Å². The summed E-state index contributed by atoms with van der Waals surface area (Å²) in [6.45, 7) is 4.65. The molecule has 21 heavy (non-hydrogen) atoms. The number of aryl methyl sites for hydroxylation is 1. The minimum atomic E-state index is -0.321. The molecule has 0 radical (unpaired) electrons. The molecule has 0 fully saturated rings. The van der Waals surface area contributed by atoms with Gasteiger partial charge in [-0.3, -0.25) is 4.79 Å². The fourth-order valence-electron chi connectivity index (χ4n) is 2.17. The fraction of sp³-hybridized carbons (Fsp3) is 0.235. The summed E-state index contributed by atoms with van der Waals surface area (Å²) in [7, 11) is 0. The maximum Gasteiger partial charge on any atom is 0.246 e. The highest BCUT2D eigenvalue weighted by molar-refractivity contribution is 5.96. The van der Waals surface area contributed by atoms with Crippen LogP contribution in [0.5, 0.6) is 0 Å². The summed E-state index contributed by atoms with van der Waals surface area (Å²) in [5.41, 5.74) is 2.59. The van der Waals surface area contributed by atoms with Crippen LogP contribution in [-0.4, -0.2) is 19.0 Å². The lowest BCUT2D eigenvalue weighted by Gasteiger charge is -2.22. The van der Waals surface area contributed by atoms with Crippen molar-refractivity contribution in [2.75, 3.05) is 23.3 Å². The Kier molecular flexibility index (Phi) is 4.93. The van der Waals surface area contributed by atoms with Gasteiger partial charge in [-0.05, 0) is 49.7 Å². The van der Waals surface area contributed by atoms with Gasteiger partial charge in [-0.2, -0.15) is 0 Å². The maximum absolute atomic E-state index is 13.1. The van der Waals surface area contributed by atoms with Crippen molar-refractivity contribution >= 4 is 17.3 Å². The summed E-state index contributed by atoms with van der Waals surface area (Å²) >= 11 is 0. The number of halogens is 1. The van der Waals surface area contributed by atoms with Crippen molar-refractivity contribution < 1.29 is 9.18 Å². The molecule has 2 aromatic carbocycles. The Bertz CT molecular complexity index is 628. The molecule has 110 valence electrons. The highest BCUT2D eigenvalue weighted by Crippen LogP contribution is 2.16. The molecular formula is C17H19FN2O. The first-order chi connectivity index (χ1) is 10.1. The van der Waals surface area contributed by atoms with Crippen LogP contribution in [0.1, 0.15) is 12.5 Å². The molecule has 0 aliphatic rings. The first-order valence-electron chi connectivity index (χ1n) is 6.96. The second-order valence-corrected chi connectivity index (χ2v) is 4.84. The summed E-state index contributed by atoms with van der Waals surface area (Å²) in [5.74, 6) is -0.370. The Labute approximate surface area is 124 Å². The summed E-state index contributed by atoms with van der Waals surface area (Å²) in [4.78, 5) is 14.0. The van der Waals surface area contributed by atoms with Crippen LogP contribution in [-0.2, 0) is 4.79 Å². The van der Waals surface area contributed by atoms with Crippen molar-refractivity contribution in [2.45, 2.75) is 13.8 Å². The van der Waals surface area contributed by atoms with Crippen LogP contribution < -0.4 is 10.2 Å². The lowest BCUT2D eigenvalue weighted by Crippen LogP contribution is -2.35. The number of carbonyl (C=O) groups excluding carboxylic acids is 1. The molecule has 0 saturated carbocycles. The second kappa shape index (κ2) is 6.88. The van der Waals surface area contributed by atoms with Gasteiger partial charge in [0.1, 0.15) is 5.82 Å². The van der Waals surface area contributed by atoms with Crippen LogP contribution in [0.3, 0.4) is 0 Å². The number of nitrogens with one attached hydrogen (secondary N) is 1. The zero-order valence-electron chi connectivity index (χ0n) is 12.3. The number of likely N-dealkylation sites (N-methyl/N-ethyl adjacent to an activating group) is 1. The van der Waals surface area contributed by atoms with Gasteiger partial charge in [0, 0.05) is 17.9 Å². The van der Waals surface area contributed by atoms with E-state index in [-0.39, 0.29) is 18.3 Å². The highest BCUT2D eigenvalue weighted by Gasteiger charge is 2.13. The molecule has 0 spiro atoms. The number of benzene rings is 2. The predicted octanol–water partition coefficient (Wildman–Crippen LogP) is 3.60. The Hall–Kier alpha value is -2.36. The normalized spacial score (nSPS) is 10.2. The van der Waals surface area contributed by atoms with E-state index >= 15 is 0 Å². The van der Waals surface area contributed by atoms with Gasteiger partial charge in [-0.1, -0.05) is 18.2 Å². The largest absolute Gasteiger partial charge is 0.376 e. The molecule has 1 amide bonds. The lowest BCUT2D eigenvalue weighted by molar-refractivity contribution is -0.116. The zero-order valence-corrected chi connectivity index (χ0v) is 12.3. The molecule has 1 N–H and O–H groups in total. The van der Waals surface area contributed by atoms with E-state index in [9.17, 15) is 9.18 Å².